The Hall–Kier alpha value is -1.75. The molecule has 118 valence electrons. The van der Waals surface area contributed by atoms with Gasteiger partial charge >= 0.3 is 6.09 Å². The minimum absolute atomic E-state index is 0.0123. The zero-order valence-electron chi connectivity index (χ0n) is 13.5. The molecule has 0 saturated carbocycles. The Kier molecular flexibility index (Phi) is 6.03. The third-order valence-electron chi connectivity index (χ3n) is 3.01. The maximum atomic E-state index is 11.8. The minimum Gasteiger partial charge on any atom is -0.508 e. The van der Waals surface area contributed by atoms with E-state index in [1.807, 2.05) is 39.8 Å². The zero-order valence-corrected chi connectivity index (χ0v) is 13.5. The number of amides is 1. The van der Waals surface area contributed by atoms with E-state index in [4.69, 9.17) is 4.74 Å². The van der Waals surface area contributed by atoms with Crippen LogP contribution >= 0.6 is 0 Å². The predicted molar refractivity (Wildman–Crippen MR) is 83.4 cm³/mol. The molecule has 0 fully saturated rings. The number of aromatic hydroxyl groups is 1. The molecule has 1 rings (SSSR count). The van der Waals surface area contributed by atoms with Crippen LogP contribution in [0.25, 0.3) is 0 Å². The van der Waals surface area contributed by atoms with E-state index in [2.05, 4.69) is 5.32 Å². The minimum atomic E-state index is -0.484. The number of ether oxygens (including phenoxy) is 1. The maximum Gasteiger partial charge on any atom is 0.410 e. The van der Waals surface area contributed by atoms with E-state index in [0.29, 0.717) is 13.1 Å². The molecule has 0 radical (unpaired) electrons. The van der Waals surface area contributed by atoms with E-state index in [0.717, 1.165) is 5.56 Å². The van der Waals surface area contributed by atoms with Crippen LogP contribution < -0.4 is 5.32 Å². The van der Waals surface area contributed by atoms with Crippen LogP contribution in [0, 0.1) is 0 Å². The van der Waals surface area contributed by atoms with Gasteiger partial charge in [0, 0.05) is 31.7 Å². The highest BCUT2D eigenvalue weighted by Gasteiger charge is 2.19. The highest BCUT2D eigenvalue weighted by molar-refractivity contribution is 5.67. The molecule has 5 nitrogen and oxygen atoms in total. The third-order valence-corrected chi connectivity index (χ3v) is 3.01. The average Bonchev–Trinajstić information content (AvgIpc) is 2.36. The number of hydrogen-bond donors (Lipinski definition) is 2. The smallest absolute Gasteiger partial charge is 0.410 e. The molecular formula is C16H26N2O3. The number of benzene rings is 1. The Morgan fingerprint density at radius 2 is 2.00 bits per heavy atom. The number of likely N-dealkylation sites (N-methyl/N-ethyl adjacent to an activating group) is 1. The van der Waals surface area contributed by atoms with Crippen LogP contribution in [0.5, 0.6) is 5.75 Å². The number of nitrogens with zero attached hydrogens (tertiary/aromatic N) is 1. The first kappa shape index (κ1) is 17.3. The zero-order chi connectivity index (χ0) is 16.0. The molecule has 1 atom stereocenters. The van der Waals surface area contributed by atoms with Crippen LogP contribution in [-0.4, -0.2) is 41.8 Å². The van der Waals surface area contributed by atoms with Crippen LogP contribution in [0.1, 0.15) is 39.3 Å². The lowest BCUT2D eigenvalue weighted by Gasteiger charge is -2.25. The van der Waals surface area contributed by atoms with Crippen molar-refractivity contribution in [2.75, 3.05) is 20.1 Å². The van der Waals surface area contributed by atoms with Crippen molar-refractivity contribution in [3.05, 3.63) is 29.8 Å². The first-order chi connectivity index (χ1) is 9.70. The third kappa shape index (κ3) is 6.04. The molecule has 5 heteroatoms. The van der Waals surface area contributed by atoms with Crippen LogP contribution in [0.2, 0.25) is 0 Å². The van der Waals surface area contributed by atoms with Gasteiger partial charge in [0.05, 0.1) is 0 Å². The van der Waals surface area contributed by atoms with E-state index < -0.39 is 5.60 Å². The van der Waals surface area contributed by atoms with E-state index in [1.165, 1.54) is 4.90 Å². The Balaban J connectivity index is 2.40. The lowest BCUT2D eigenvalue weighted by Crippen LogP contribution is -2.38. The van der Waals surface area contributed by atoms with Crippen molar-refractivity contribution in [3.8, 4) is 5.75 Å². The maximum absolute atomic E-state index is 11.8. The van der Waals surface area contributed by atoms with Crippen molar-refractivity contribution in [2.45, 2.75) is 39.3 Å². The number of nitrogens with one attached hydrogen (secondary N) is 1. The molecule has 1 amide bonds. The Bertz CT molecular complexity index is 469. The van der Waals surface area contributed by atoms with Crippen molar-refractivity contribution >= 4 is 6.09 Å². The lowest BCUT2D eigenvalue weighted by atomic mass is 10.1. The summed E-state index contributed by atoms with van der Waals surface area (Å²) in [6.45, 7) is 8.66. The van der Waals surface area contributed by atoms with E-state index >= 15 is 0 Å². The molecule has 0 aliphatic heterocycles. The van der Waals surface area contributed by atoms with Gasteiger partial charge in [-0.15, -0.1) is 0 Å². The van der Waals surface area contributed by atoms with Gasteiger partial charge < -0.3 is 20.1 Å². The number of phenolic OH excluding ortho intramolecular Hbond substituents is 1. The summed E-state index contributed by atoms with van der Waals surface area (Å²) in [4.78, 5) is 13.3. The summed E-state index contributed by atoms with van der Waals surface area (Å²) in [5.74, 6) is 0.276. The molecule has 0 spiro atoms. The fourth-order valence-electron chi connectivity index (χ4n) is 1.84. The van der Waals surface area contributed by atoms with Gasteiger partial charge in [-0.05, 0) is 33.8 Å². The van der Waals surface area contributed by atoms with Crippen LogP contribution in [0.4, 0.5) is 4.79 Å². The van der Waals surface area contributed by atoms with E-state index in [9.17, 15) is 9.90 Å². The molecule has 0 aromatic heterocycles. The number of carbonyl (C=O) groups excluding carboxylic acids is 1. The van der Waals surface area contributed by atoms with Crippen molar-refractivity contribution < 1.29 is 14.6 Å². The Morgan fingerprint density at radius 3 is 2.57 bits per heavy atom. The Labute approximate surface area is 126 Å². The second kappa shape index (κ2) is 7.31. The van der Waals surface area contributed by atoms with Crippen molar-refractivity contribution in [1.29, 1.82) is 0 Å². The number of phenols is 1. The van der Waals surface area contributed by atoms with Crippen molar-refractivity contribution in [2.24, 2.45) is 0 Å². The summed E-state index contributed by atoms with van der Waals surface area (Å²) in [6, 6.07) is 7.24. The van der Waals surface area contributed by atoms with Gasteiger partial charge in [0.1, 0.15) is 11.4 Å². The van der Waals surface area contributed by atoms with Crippen LogP contribution in [0.3, 0.4) is 0 Å². The lowest BCUT2D eigenvalue weighted by molar-refractivity contribution is 0.0299. The van der Waals surface area contributed by atoms with Gasteiger partial charge in [0.25, 0.3) is 0 Å². The fourth-order valence-corrected chi connectivity index (χ4v) is 1.84. The summed E-state index contributed by atoms with van der Waals surface area (Å²) in [7, 11) is 1.71. The van der Waals surface area contributed by atoms with Gasteiger partial charge in [-0.25, -0.2) is 4.79 Å². The van der Waals surface area contributed by atoms with Crippen LogP contribution in [0.15, 0.2) is 24.3 Å². The highest BCUT2D eigenvalue weighted by atomic mass is 16.6. The van der Waals surface area contributed by atoms with Crippen molar-refractivity contribution in [1.82, 2.24) is 10.2 Å². The van der Waals surface area contributed by atoms with Gasteiger partial charge in [0.15, 0.2) is 0 Å². The number of para-hydroxylation sites is 1. The first-order valence-electron chi connectivity index (χ1n) is 7.16. The molecular weight excluding hydrogens is 268 g/mol. The van der Waals surface area contributed by atoms with Gasteiger partial charge in [-0.3, -0.25) is 0 Å². The molecule has 0 aliphatic rings. The first-order valence-corrected chi connectivity index (χ1v) is 7.16. The number of carbonyl (C=O) groups is 1. The number of rotatable bonds is 5. The molecule has 0 bridgehead atoms. The summed E-state index contributed by atoms with van der Waals surface area (Å²) < 4.78 is 5.28. The van der Waals surface area contributed by atoms with E-state index in [1.54, 1.807) is 19.2 Å². The fraction of sp³-hybridized carbons (Fsp3) is 0.562. The molecule has 21 heavy (non-hydrogen) atoms. The van der Waals surface area contributed by atoms with Gasteiger partial charge in [-0.2, -0.15) is 0 Å². The molecule has 1 aromatic carbocycles. The molecule has 2 N–H and O–H groups in total. The van der Waals surface area contributed by atoms with E-state index in [-0.39, 0.29) is 17.9 Å². The van der Waals surface area contributed by atoms with Crippen LogP contribution in [-0.2, 0) is 4.74 Å². The monoisotopic (exact) mass is 294 g/mol. The van der Waals surface area contributed by atoms with Gasteiger partial charge in [0.2, 0.25) is 0 Å². The topological polar surface area (TPSA) is 61.8 Å². The molecule has 0 saturated heterocycles. The summed E-state index contributed by atoms with van der Waals surface area (Å²) in [6.07, 6.45) is -0.334. The summed E-state index contributed by atoms with van der Waals surface area (Å²) in [5.41, 5.74) is 0.361. The van der Waals surface area contributed by atoms with Crippen molar-refractivity contribution in [3.63, 3.8) is 0 Å². The summed E-state index contributed by atoms with van der Waals surface area (Å²) >= 11 is 0. The Morgan fingerprint density at radius 1 is 1.38 bits per heavy atom. The second-order valence-electron chi connectivity index (χ2n) is 6.14. The standard InChI is InChI=1S/C16H26N2O3/c1-12(13-8-6-7-9-14(13)19)17-10-11-18(5)15(20)21-16(2,3)4/h6-9,12,17,19H,10-11H2,1-5H3. The SMILES string of the molecule is CC(NCCN(C)C(=O)OC(C)(C)C)c1ccccc1O. The molecule has 1 unspecified atom stereocenters. The van der Waals surface area contributed by atoms with Gasteiger partial charge in [-0.1, -0.05) is 18.2 Å². The second-order valence-corrected chi connectivity index (χ2v) is 6.14. The average molecular weight is 294 g/mol. The molecule has 0 heterocycles. The number of hydrogen-bond acceptors (Lipinski definition) is 4. The summed E-state index contributed by atoms with van der Waals surface area (Å²) in [5, 5.41) is 13.1. The molecule has 1 aromatic rings. The predicted octanol–water partition coefficient (Wildman–Crippen LogP) is 2.91. The molecule has 0 aliphatic carbocycles. The quantitative estimate of drug-likeness (QED) is 0.876. The normalized spacial score (nSPS) is 12.8. The highest BCUT2D eigenvalue weighted by Crippen LogP contribution is 2.22. The largest absolute Gasteiger partial charge is 0.508 e.